The van der Waals surface area contributed by atoms with Gasteiger partial charge < -0.3 is 0 Å². The van der Waals surface area contributed by atoms with E-state index in [-0.39, 0.29) is 28.2 Å². The van der Waals surface area contributed by atoms with Crippen molar-refractivity contribution in [2.75, 3.05) is 6.54 Å². The number of aliphatic imine (C=N–C) groups is 1. The highest BCUT2D eigenvalue weighted by molar-refractivity contribution is 6.60. The second-order valence-electron chi connectivity index (χ2n) is 5.07. The lowest BCUT2D eigenvalue weighted by atomic mass is 9.81. The van der Waals surface area contributed by atoms with Crippen molar-refractivity contribution in [2.45, 2.75) is 39.0 Å². The lowest BCUT2D eigenvalue weighted by molar-refractivity contribution is -0.112. The molecule has 0 unspecified atom stereocenters. The van der Waals surface area contributed by atoms with Crippen LogP contribution in [0.5, 0.6) is 0 Å². The van der Waals surface area contributed by atoms with E-state index in [0.29, 0.717) is 12.1 Å². The van der Waals surface area contributed by atoms with Gasteiger partial charge in [0.15, 0.2) is 11.6 Å². The van der Waals surface area contributed by atoms with Crippen LogP contribution in [0.2, 0.25) is 0 Å². The number of Topliss-reactive ketones (excluding diaryl/α,β-unsaturated/α-hetero) is 1. The predicted molar refractivity (Wildman–Crippen MR) is 76.6 cm³/mol. The van der Waals surface area contributed by atoms with Gasteiger partial charge in [-0.3, -0.25) is 14.6 Å². The first-order chi connectivity index (χ1) is 9.11. The summed E-state index contributed by atoms with van der Waals surface area (Å²) in [6.07, 6.45) is 8.60. The van der Waals surface area contributed by atoms with Crippen LogP contribution >= 0.6 is 11.6 Å². The summed E-state index contributed by atoms with van der Waals surface area (Å²) >= 11 is 6.32. The fourth-order valence-corrected chi connectivity index (χ4v) is 3.18. The van der Waals surface area contributed by atoms with E-state index >= 15 is 0 Å². The maximum atomic E-state index is 12.2. The topological polar surface area (TPSA) is 46.5 Å². The molecular weight excluding hydrogens is 262 g/mol. The van der Waals surface area contributed by atoms with Crippen molar-refractivity contribution in [1.29, 1.82) is 0 Å². The minimum Gasteiger partial charge on any atom is -0.293 e. The first kappa shape index (κ1) is 14.2. The molecule has 0 radical (unpaired) electrons. The van der Waals surface area contributed by atoms with Crippen LogP contribution in [0.15, 0.2) is 27.7 Å². The monoisotopic (exact) mass is 279 g/mol. The van der Waals surface area contributed by atoms with Gasteiger partial charge in [0.05, 0.1) is 11.6 Å². The molecule has 1 saturated carbocycles. The summed E-state index contributed by atoms with van der Waals surface area (Å²) < 4.78 is 0. The van der Waals surface area contributed by atoms with E-state index in [1.807, 2.05) is 0 Å². The standard InChI is InChI=1S/C15H18ClNO2/c1-10(18)15-14(16)13(11-6-3-2-4-7-11)12(19)8-5-9-17-15/h5,8,11H,2-4,6-7,9H2,1H3/b8-5+,14-13?,17-15?. The minimum absolute atomic E-state index is 0.0643. The van der Waals surface area contributed by atoms with Crippen molar-refractivity contribution in [3.8, 4) is 0 Å². The van der Waals surface area contributed by atoms with E-state index in [0.717, 1.165) is 25.7 Å². The zero-order valence-corrected chi connectivity index (χ0v) is 11.9. The Balaban J connectivity index is 2.45. The van der Waals surface area contributed by atoms with Crippen LogP contribution in [-0.4, -0.2) is 23.8 Å². The second kappa shape index (κ2) is 6.29. The lowest BCUT2D eigenvalue weighted by Gasteiger charge is -2.24. The maximum Gasteiger partial charge on any atom is 0.183 e. The van der Waals surface area contributed by atoms with Crippen LogP contribution in [0.4, 0.5) is 0 Å². The molecule has 0 aromatic rings. The molecule has 1 fully saturated rings. The zero-order chi connectivity index (χ0) is 13.8. The molecule has 102 valence electrons. The van der Waals surface area contributed by atoms with Gasteiger partial charge in [-0.25, -0.2) is 0 Å². The lowest BCUT2D eigenvalue weighted by Crippen LogP contribution is -2.22. The van der Waals surface area contributed by atoms with Crippen molar-refractivity contribution in [3.63, 3.8) is 0 Å². The van der Waals surface area contributed by atoms with Gasteiger partial charge in [-0.2, -0.15) is 0 Å². The van der Waals surface area contributed by atoms with E-state index in [2.05, 4.69) is 4.99 Å². The summed E-state index contributed by atoms with van der Waals surface area (Å²) in [6, 6.07) is 0. The molecule has 2 aliphatic rings. The molecule has 4 heteroatoms. The van der Waals surface area contributed by atoms with E-state index in [9.17, 15) is 9.59 Å². The van der Waals surface area contributed by atoms with Crippen molar-refractivity contribution < 1.29 is 9.59 Å². The molecule has 0 aromatic heterocycles. The fraction of sp³-hybridized carbons (Fsp3) is 0.533. The summed E-state index contributed by atoms with van der Waals surface area (Å²) in [7, 11) is 0. The SMILES string of the molecule is CC(=O)C1=NC/C=C/C(=O)C(C2CCCCC2)=C1Cl. The van der Waals surface area contributed by atoms with Gasteiger partial charge in [-0.1, -0.05) is 36.9 Å². The van der Waals surface area contributed by atoms with Gasteiger partial charge in [0.25, 0.3) is 0 Å². The molecule has 0 saturated heterocycles. The van der Waals surface area contributed by atoms with Crippen molar-refractivity contribution >= 4 is 28.9 Å². The summed E-state index contributed by atoms with van der Waals surface area (Å²) in [6.45, 7) is 1.77. The van der Waals surface area contributed by atoms with Gasteiger partial charge in [-0.15, -0.1) is 0 Å². The Hall–Kier alpha value is -1.22. The maximum absolute atomic E-state index is 12.2. The Kier molecular flexibility index (Phi) is 4.70. The molecular formula is C15H18ClNO2. The predicted octanol–water partition coefficient (Wildman–Crippen LogP) is 3.23. The summed E-state index contributed by atoms with van der Waals surface area (Å²) in [4.78, 5) is 28.1. The molecule has 0 aromatic carbocycles. The Labute approximate surface area is 118 Å². The zero-order valence-electron chi connectivity index (χ0n) is 11.1. The largest absolute Gasteiger partial charge is 0.293 e. The van der Waals surface area contributed by atoms with Crippen LogP contribution in [0, 0.1) is 5.92 Å². The van der Waals surface area contributed by atoms with Crippen molar-refractivity contribution in [1.82, 2.24) is 0 Å². The molecule has 0 bridgehead atoms. The number of carbonyl (C=O) groups is 2. The number of allylic oxidation sites excluding steroid dienone is 3. The van der Waals surface area contributed by atoms with Crippen LogP contribution in [0.25, 0.3) is 0 Å². The Bertz CT molecular complexity index is 482. The summed E-state index contributed by atoms with van der Waals surface area (Å²) in [5.41, 5.74) is 0.839. The van der Waals surface area contributed by atoms with E-state index in [1.54, 1.807) is 6.08 Å². The molecule has 3 nitrogen and oxygen atoms in total. The Morgan fingerprint density at radius 2 is 2.00 bits per heavy atom. The smallest absolute Gasteiger partial charge is 0.183 e. The first-order valence-electron chi connectivity index (χ1n) is 6.77. The van der Waals surface area contributed by atoms with Crippen LogP contribution < -0.4 is 0 Å². The number of hydrogen-bond acceptors (Lipinski definition) is 3. The third-order valence-corrected chi connectivity index (χ3v) is 4.06. The van der Waals surface area contributed by atoms with E-state index < -0.39 is 0 Å². The highest BCUT2D eigenvalue weighted by Gasteiger charge is 2.28. The van der Waals surface area contributed by atoms with Gasteiger partial charge >= 0.3 is 0 Å². The molecule has 1 aliphatic heterocycles. The average molecular weight is 280 g/mol. The fourth-order valence-electron chi connectivity index (χ4n) is 2.74. The van der Waals surface area contributed by atoms with Crippen LogP contribution in [0.3, 0.4) is 0 Å². The van der Waals surface area contributed by atoms with Gasteiger partial charge in [0.2, 0.25) is 0 Å². The summed E-state index contributed by atoms with van der Waals surface area (Å²) in [5.74, 6) is -0.0759. The van der Waals surface area contributed by atoms with Gasteiger partial charge in [0.1, 0.15) is 5.71 Å². The normalized spacial score (nSPS) is 23.7. The minimum atomic E-state index is -0.179. The van der Waals surface area contributed by atoms with Gasteiger partial charge in [-0.05, 0) is 24.8 Å². The number of carbonyl (C=O) groups excluding carboxylic acids is 2. The second-order valence-corrected chi connectivity index (χ2v) is 5.45. The van der Waals surface area contributed by atoms with E-state index in [4.69, 9.17) is 11.6 Å². The molecule has 0 N–H and O–H groups in total. The van der Waals surface area contributed by atoms with Crippen LogP contribution in [-0.2, 0) is 9.59 Å². The molecule has 1 aliphatic carbocycles. The van der Waals surface area contributed by atoms with Gasteiger partial charge in [0, 0.05) is 12.5 Å². The van der Waals surface area contributed by atoms with E-state index in [1.165, 1.54) is 19.4 Å². The number of ketones is 2. The molecule has 19 heavy (non-hydrogen) atoms. The highest BCUT2D eigenvalue weighted by atomic mass is 35.5. The highest BCUT2D eigenvalue weighted by Crippen LogP contribution is 2.34. The molecule has 0 atom stereocenters. The third kappa shape index (κ3) is 3.21. The first-order valence-corrected chi connectivity index (χ1v) is 7.15. The number of hydrogen-bond donors (Lipinski definition) is 0. The molecule has 1 heterocycles. The third-order valence-electron chi connectivity index (χ3n) is 3.68. The quantitative estimate of drug-likeness (QED) is 0.779. The summed E-state index contributed by atoms with van der Waals surface area (Å²) in [5, 5.41) is 0.272. The van der Waals surface area contributed by atoms with Crippen molar-refractivity contribution in [2.24, 2.45) is 10.9 Å². The Morgan fingerprint density at radius 3 is 2.63 bits per heavy atom. The number of halogens is 1. The average Bonchev–Trinajstić information content (AvgIpc) is 2.37. The molecule has 2 rings (SSSR count). The molecule has 0 amide bonds. The number of rotatable bonds is 2. The number of nitrogens with zero attached hydrogens (tertiary/aromatic N) is 1. The van der Waals surface area contributed by atoms with Crippen LogP contribution in [0.1, 0.15) is 39.0 Å². The molecule has 0 spiro atoms. The van der Waals surface area contributed by atoms with Crippen molar-refractivity contribution in [3.05, 3.63) is 22.8 Å². The Morgan fingerprint density at radius 1 is 1.32 bits per heavy atom.